The van der Waals surface area contributed by atoms with Crippen LogP contribution < -0.4 is 20.1 Å². The van der Waals surface area contributed by atoms with Crippen molar-refractivity contribution in [2.24, 2.45) is 0 Å². The van der Waals surface area contributed by atoms with E-state index in [-0.39, 0.29) is 75.7 Å². The zero-order chi connectivity index (χ0) is 47.2. The molecular weight excluding hydrogens is 893 g/mol. The Morgan fingerprint density at radius 1 is 0.500 bits per heavy atom. The van der Waals surface area contributed by atoms with Gasteiger partial charge in [-0.25, -0.2) is 19.2 Å². The zero-order valence-corrected chi connectivity index (χ0v) is 37.8. The fourth-order valence-electron chi connectivity index (χ4n) is 5.55. The second-order valence-electron chi connectivity index (χ2n) is 13.5. The average molecular weight is 945 g/mol. The van der Waals surface area contributed by atoms with Crippen LogP contribution in [-0.2, 0) is 47.6 Å². The number of carbonyl (C=O) groups excluding carboxylic acids is 6. The predicted octanol–water partition coefficient (Wildman–Crippen LogP) is 6.68. The van der Waals surface area contributed by atoms with Crippen molar-refractivity contribution in [3.8, 4) is 33.8 Å². The Bertz CT molecular complexity index is 2020. The summed E-state index contributed by atoms with van der Waals surface area (Å²) in [6.07, 6.45) is -1.12. The van der Waals surface area contributed by atoms with E-state index in [9.17, 15) is 28.8 Å². The number of thioether (sulfide) groups is 2. The number of hydrogen-bond donors (Lipinski definition) is 2. The molecule has 66 heavy (non-hydrogen) atoms. The van der Waals surface area contributed by atoms with Crippen LogP contribution in [0.15, 0.2) is 135 Å². The minimum absolute atomic E-state index is 0.00157. The van der Waals surface area contributed by atoms with Crippen molar-refractivity contribution in [2.75, 3.05) is 75.7 Å². The number of alkyl carbamates (subject to hydrolysis) is 2. The van der Waals surface area contributed by atoms with Crippen molar-refractivity contribution in [1.82, 2.24) is 10.6 Å². The minimum atomic E-state index is -0.800. The second kappa shape index (κ2) is 30.3. The van der Waals surface area contributed by atoms with Crippen LogP contribution in [0, 0.1) is 0 Å². The van der Waals surface area contributed by atoms with Gasteiger partial charge in [0.15, 0.2) is 0 Å². The maximum absolute atomic E-state index is 12.6. The molecule has 0 saturated carbocycles. The largest absolute Gasteiger partial charge is 0.489 e. The highest BCUT2D eigenvalue weighted by Gasteiger charge is 2.20. The Hall–Kier alpha value is -6.92. The van der Waals surface area contributed by atoms with Crippen molar-refractivity contribution >= 4 is 59.6 Å². The smallest absolute Gasteiger partial charge is 0.407 e. The molecule has 0 aliphatic heterocycles. The number of ether oxygens (including phenoxy) is 8. The Balaban J connectivity index is 1.21. The highest BCUT2D eigenvalue weighted by Crippen LogP contribution is 2.31. The van der Waals surface area contributed by atoms with Crippen molar-refractivity contribution in [3.63, 3.8) is 0 Å². The maximum Gasteiger partial charge on any atom is 0.407 e. The summed E-state index contributed by atoms with van der Waals surface area (Å²) in [6, 6.07) is 34.1. The van der Waals surface area contributed by atoms with Gasteiger partial charge in [-0.15, -0.1) is 23.5 Å². The first-order valence-electron chi connectivity index (χ1n) is 20.6. The standard InChI is InChI=1S/C48H52N2O14S2/c1-3-43(51)57-25-23-49-47(55)63-37(29-61-41-21-13-11-19-39(41)35-15-7-5-8-16-35)31-65-33-45(53)59-27-28-60-46(54)34-66-32-38(64-48(56)50-24-26-58-44(52)4-2)30-62-42-22-14-12-20-40(42)36-17-9-6-10-18-36/h3-22,37-38H,1-2,23-34H2,(H,49,55)(H,50,56)/t37-,38?/m0/s1. The number of nitrogens with one attached hydrogen (secondary N) is 2. The van der Waals surface area contributed by atoms with E-state index in [1.165, 1.54) is 0 Å². The Labute approximate surface area is 391 Å². The molecule has 2 amide bonds. The van der Waals surface area contributed by atoms with Gasteiger partial charge in [0, 0.05) is 34.8 Å². The summed E-state index contributed by atoms with van der Waals surface area (Å²) >= 11 is 2.30. The summed E-state index contributed by atoms with van der Waals surface area (Å²) < 4.78 is 43.6. The quantitative estimate of drug-likeness (QED) is 0.0253. The number of carbonyl (C=O) groups is 6. The first kappa shape index (κ1) is 51.7. The molecule has 0 bridgehead atoms. The number of benzene rings is 4. The van der Waals surface area contributed by atoms with Gasteiger partial charge in [-0.2, -0.15) is 0 Å². The molecule has 0 radical (unpaired) electrons. The summed E-state index contributed by atoms with van der Waals surface area (Å²) in [4.78, 5) is 73.0. The van der Waals surface area contributed by atoms with Crippen molar-refractivity contribution in [3.05, 3.63) is 135 Å². The summed E-state index contributed by atoms with van der Waals surface area (Å²) in [5, 5.41) is 5.03. The Morgan fingerprint density at radius 2 is 0.879 bits per heavy atom. The molecule has 16 nitrogen and oxygen atoms in total. The monoisotopic (exact) mass is 944 g/mol. The molecule has 0 aliphatic rings. The lowest BCUT2D eigenvalue weighted by Crippen LogP contribution is -2.35. The van der Waals surface area contributed by atoms with Crippen LogP contribution in [0.3, 0.4) is 0 Å². The fraction of sp³-hybridized carbons (Fsp3) is 0.292. The van der Waals surface area contributed by atoms with Crippen LogP contribution in [0.4, 0.5) is 9.59 Å². The summed E-state index contributed by atoms with van der Waals surface area (Å²) in [7, 11) is 0. The SMILES string of the molecule is C=CC(=O)OCCNC(=O)OC(COc1ccccc1-c1ccccc1)CSCC(=O)OCCOC(=O)CSC[C@H](COc1ccccc1-c1ccccc1)OC(=O)NCCOC(=O)C=C. The van der Waals surface area contributed by atoms with E-state index in [0.717, 1.165) is 57.9 Å². The maximum atomic E-state index is 12.6. The van der Waals surface area contributed by atoms with Gasteiger partial charge in [0.1, 0.15) is 63.3 Å². The van der Waals surface area contributed by atoms with E-state index >= 15 is 0 Å². The van der Waals surface area contributed by atoms with Gasteiger partial charge in [-0.05, 0) is 23.3 Å². The molecular formula is C48H52N2O14S2. The predicted molar refractivity (Wildman–Crippen MR) is 250 cm³/mol. The van der Waals surface area contributed by atoms with Gasteiger partial charge in [0.05, 0.1) is 24.6 Å². The normalized spacial score (nSPS) is 11.3. The summed E-state index contributed by atoms with van der Waals surface area (Å²) in [5.41, 5.74) is 3.55. The molecule has 0 saturated heterocycles. The first-order chi connectivity index (χ1) is 32.1. The van der Waals surface area contributed by atoms with Gasteiger partial charge in [-0.1, -0.05) is 110 Å². The minimum Gasteiger partial charge on any atom is -0.489 e. The zero-order valence-electron chi connectivity index (χ0n) is 36.1. The van der Waals surface area contributed by atoms with Crippen LogP contribution >= 0.6 is 23.5 Å². The van der Waals surface area contributed by atoms with Gasteiger partial charge < -0.3 is 48.5 Å². The third-order valence-electron chi connectivity index (χ3n) is 8.56. The molecule has 0 aliphatic carbocycles. The number of amides is 2. The van der Waals surface area contributed by atoms with Crippen LogP contribution in [0.5, 0.6) is 11.5 Å². The van der Waals surface area contributed by atoms with Gasteiger partial charge in [-0.3, -0.25) is 9.59 Å². The lowest BCUT2D eigenvalue weighted by Gasteiger charge is -2.20. The van der Waals surface area contributed by atoms with Crippen molar-refractivity contribution in [2.45, 2.75) is 12.2 Å². The lowest BCUT2D eigenvalue weighted by molar-refractivity contribution is -0.148. The highest BCUT2D eigenvalue weighted by molar-refractivity contribution is 8.00. The molecule has 4 aromatic carbocycles. The van der Waals surface area contributed by atoms with Crippen molar-refractivity contribution in [1.29, 1.82) is 0 Å². The molecule has 2 N–H and O–H groups in total. The third-order valence-corrected chi connectivity index (χ3v) is 10.7. The van der Waals surface area contributed by atoms with E-state index in [2.05, 4.69) is 23.8 Å². The highest BCUT2D eigenvalue weighted by atomic mass is 32.2. The Morgan fingerprint density at radius 3 is 1.27 bits per heavy atom. The summed E-state index contributed by atoms with van der Waals surface area (Å²) in [6.45, 7) is 6.00. The van der Waals surface area contributed by atoms with Gasteiger partial charge in [0.25, 0.3) is 0 Å². The molecule has 0 fully saturated rings. The van der Waals surface area contributed by atoms with Gasteiger partial charge >= 0.3 is 36.1 Å². The molecule has 18 heteroatoms. The first-order valence-corrected chi connectivity index (χ1v) is 22.9. The lowest BCUT2D eigenvalue weighted by atomic mass is 10.1. The van der Waals surface area contributed by atoms with Crippen LogP contribution in [-0.4, -0.2) is 124 Å². The second-order valence-corrected chi connectivity index (χ2v) is 15.5. The van der Waals surface area contributed by atoms with E-state index in [4.69, 9.17) is 37.9 Å². The molecule has 0 spiro atoms. The molecule has 4 aromatic rings. The fourth-order valence-corrected chi connectivity index (χ4v) is 7.14. The molecule has 350 valence electrons. The molecule has 2 atom stereocenters. The van der Waals surface area contributed by atoms with E-state index in [1.54, 1.807) is 12.1 Å². The average Bonchev–Trinajstić information content (AvgIpc) is 3.34. The van der Waals surface area contributed by atoms with E-state index in [1.807, 2.05) is 97.1 Å². The van der Waals surface area contributed by atoms with Crippen LogP contribution in [0.2, 0.25) is 0 Å². The van der Waals surface area contributed by atoms with E-state index < -0.39 is 48.3 Å². The van der Waals surface area contributed by atoms with E-state index in [0.29, 0.717) is 11.5 Å². The van der Waals surface area contributed by atoms with Crippen molar-refractivity contribution < 1.29 is 66.7 Å². The third kappa shape index (κ3) is 20.3. The Kier molecular flexibility index (Phi) is 23.7. The number of esters is 4. The number of rotatable bonds is 29. The van der Waals surface area contributed by atoms with Crippen LogP contribution in [0.1, 0.15) is 0 Å². The molecule has 4 rings (SSSR count). The van der Waals surface area contributed by atoms with Gasteiger partial charge in [0.2, 0.25) is 0 Å². The molecule has 0 heterocycles. The van der Waals surface area contributed by atoms with Crippen LogP contribution in [0.25, 0.3) is 22.3 Å². The molecule has 1 unspecified atom stereocenters. The molecule has 0 aromatic heterocycles. The topological polar surface area (TPSA) is 200 Å². The number of hydrogen-bond acceptors (Lipinski definition) is 16. The number of para-hydroxylation sites is 2. The summed E-state index contributed by atoms with van der Waals surface area (Å²) in [5.74, 6) is -1.16.